The Morgan fingerprint density at radius 1 is 1.25 bits per heavy atom. The molecule has 16 heavy (non-hydrogen) atoms. The van der Waals surface area contributed by atoms with Gasteiger partial charge in [0.05, 0.1) is 6.26 Å². The molecule has 0 aromatic heterocycles. The van der Waals surface area contributed by atoms with Gasteiger partial charge in [-0.1, -0.05) is 37.3 Å². The Kier molecular flexibility index (Phi) is 4.50. The van der Waals surface area contributed by atoms with Crippen LogP contribution in [0.1, 0.15) is 18.9 Å². The predicted molar refractivity (Wildman–Crippen MR) is 66.8 cm³/mol. The van der Waals surface area contributed by atoms with Crippen molar-refractivity contribution in [3.05, 3.63) is 35.9 Å². The van der Waals surface area contributed by atoms with Crippen molar-refractivity contribution >= 4 is 10.0 Å². The molecule has 0 unspecified atom stereocenters. The quantitative estimate of drug-likeness (QED) is 0.789. The Hall–Kier alpha value is -0.870. The third kappa shape index (κ3) is 3.61. The second kappa shape index (κ2) is 5.46. The standard InChI is InChI=1S/C12H19NO2S/c1-4-12(13(2)16(3,14)15)10-11-8-6-5-7-9-11/h5-9,12H,4,10H2,1-3H3/t12-/m1/s1. The summed E-state index contributed by atoms with van der Waals surface area (Å²) in [5.41, 5.74) is 1.17. The van der Waals surface area contributed by atoms with Crippen molar-refractivity contribution < 1.29 is 8.42 Å². The molecule has 4 heteroatoms. The van der Waals surface area contributed by atoms with Gasteiger partial charge in [0.15, 0.2) is 0 Å². The van der Waals surface area contributed by atoms with Crippen LogP contribution in [0, 0.1) is 0 Å². The Balaban J connectivity index is 2.77. The average molecular weight is 241 g/mol. The first kappa shape index (κ1) is 13.2. The summed E-state index contributed by atoms with van der Waals surface area (Å²) in [6, 6.07) is 10.0. The number of hydrogen-bond donors (Lipinski definition) is 0. The minimum absolute atomic E-state index is 0.0393. The van der Waals surface area contributed by atoms with Gasteiger partial charge in [0.1, 0.15) is 0 Å². The molecule has 0 saturated carbocycles. The van der Waals surface area contributed by atoms with Crippen LogP contribution in [-0.4, -0.2) is 32.1 Å². The Labute approximate surface area is 98.1 Å². The third-order valence-electron chi connectivity index (χ3n) is 2.82. The van der Waals surface area contributed by atoms with E-state index in [0.717, 1.165) is 12.8 Å². The summed E-state index contributed by atoms with van der Waals surface area (Å²) < 4.78 is 24.4. The van der Waals surface area contributed by atoms with Crippen LogP contribution in [0.25, 0.3) is 0 Å². The molecule has 0 bridgehead atoms. The van der Waals surface area contributed by atoms with Crippen molar-refractivity contribution in [2.24, 2.45) is 0 Å². The van der Waals surface area contributed by atoms with Crippen LogP contribution >= 0.6 is 0 Å². The predicted octanol–water partition coefficient (Wildman–Crippen LogP) is 1.90. The summed E-state index contributed by atoms with van der Waals surface area (Å²) in [7, 11) is -1.46. The van der Waals surface area contributed by atoms with Gasteiger partial charge >= 0.3 is 0 Å². The van der Waals surface area contributed by atoms with E-state index in [1.54, 1.807) is 7.05 Å². The van der Waals surface area contributed by atoms with Crippen LogP contribution in [0.3, 0.4) is 0 Å². The van der Waals surface area contributed by atoms with E-state index in [1.807, 2.05) is 37.3 Å². The fourth-order valence-electron chi connectivity index (χ4n) is 1.69. The fraction of sp³-hybridized carbons (Fsp3) is 0.500. The average Bonchev–Trinajstić information content (AvgIpc) is 2.25. The lowest BCUT2D eigenvalue weighted by Gasteiger charge is -2.25. The van der Waals surface area contributed by atoms with Gasteiger partial charge < -0.3 is 0 Å². The molecule has 0 fully saturated rings. The van der Waals surface area contributed by atoms with Crippen molar-refractivity contribution in [2.45, 2.75) is 25.8 Å². The topological polar surface area (TPSA) is 37.4 Å². The first-order chi connectivity index (χ1) is 7.45. The lowest BCUT2D eigenvalue weighted by Crippen LogP contribution is -2.37. The highest BCUT2D eigenvalue weighted by atomic mass is 32.2. The second-order valence-corrected chi connectivity index (χ2v) is 6.07. The Morgan fingerprint density at radius 3 is 2.25 bits per heavy atom. The van der Waals surface area contributed by atoms with Gasteiger partial charge in [0.2, 0.25) is 10.0 Å². The summed E-state index contributed by atoms with van der Waals surface area (Å²) >= 11 is 0. The maximum Gasteiger partial charge on any atom is 0.211 e. The Bertz CT molecular complexity index is 414. The van der Waals surface area contributed by atoms with Gasteiger partial charge in [-0.25, -0.2) is 12.7 Å². The van der Waals surface area contributed by atoms with E-state index < -0.39 is 10.0 Å². The summed E-state index contributed by atoms with van der Waals surface area (Å²) in [6.45, 7) is 2.01. The molecule has 0 saturated heterocycles. The van der Waals surface area contributed by atoms with Crippen molar-refractivity contribution in [3.8, 4) is 0 Å². The summed E-state index contributed by atoms with van der Waals surface area (Å²) in [5, 5.41) is 0. The minimum atomic E-state index is -3.10. The molecule has 3 nitrogen and oxygen atoms in total. The number of likely N-dealkylation sites (N-methyl/N-ethyl adjacent to an activating group) is 1. The van der Waals surface area contributed by atoms with Gasteiger partial charge in [-0.15, -0.1) is 0 Å². The van der Waals surface area contributed by atoms with E-state index in [4.69, 9.17) is 0 Å². The molecular weight excluding hydrogens is 222 g/mol. The van der Waals surface area contributed by atoms with Crippen LogP contribution < -0.4 is 0 Å². The maximum absolute atomic E-state index is 11.4. The minimum Gasteiger partial charge on any atom is -0.213 e. The van der Waals surface area contributed by atoms with E-state index in [0.29, 0.717) is 0 Å². The lowest BCUT2D eigenvalue weighted by atomic mass is 10.0. The molecular formula is C12H19NO2S. The third-order valence-corrected chi connectivity index (χ3v) is 4.17. The SMILES string of the molecule is CC[C@H](Cc1ccccc1)N(C)S(C)(=O)=O. The van der Waals surface area contributed by atoms with Crippen LogP contribution in [0.2, 0.25) is 0 Å². The van der Waals surface area contributed by atoms with E-state index >= 15 is 0 Å². The van der Waals surface area contributed by atoms with Crippen LogP contribution in [0.4, 0.5) is 0 Å². The number of hydrogen-bond acceptors (Lipinski definition) is 2. The van der Waals surface area contributed by atoms with Crippen molar-refractivity contribution in [2.75, 3.05) is 13.3 Å². The van der Waals surface area contributed by atoms with E-state index in [9.17, 15) is 8.42 Å². The van der Waals surface area contributed by atoms with Crippen LogP contribution in [0.5, 0.6) is 0 Å². The molecule has 0 aliphatic rings. The van der Waals surface area contributed by atoms with Gasteiger partial charge in [0, 0.05) is 13.1 Å². The molecule has 0 aliphatic carbocycles. The molecule has 0 heterocycles. The van der Waals surface area contributed by atoms with Crippen LogP contribution in [0.15, 0.2) is 30.3 Å². The Morgan fingerprint density at radius 2 is 1.81 bits per heavy atom. The van der Waals surface area contributed by atoms with Gasteiger partial charge in [-0.2, -0.15) is 0 Å². The molecule has 1 aromatic carbocycles. The number of nitrogens with zero attached hydrogens (tertiary/aromatic N) is 1. The lowest BCUT2D eigenvalue weighted by molar-refractivity contribution is 0.358. The zero-order valence-corrected chi connectivity index (χ0v) is 10.9. The highest BCUT2D eigenvalue weighted by molar-refractivity contribution is 7.88. The van der Waals surface area contributed by atoms with Crippen molar-refractivity contribution in [1.29, 1.82) is 0 Å². The molecule has 0 N–H and O–H groups in total. The van der Waals surface area contributed by atoms with E-state index in [1.165, 1.54) is 16.1 Å². The zero-order valence-electron chi connectivity index (χ0n) is 10.1. The van der Waals surface area contributed by atoms with Crippen molar-refractivity contribution in [1.82, 2.24) is 4.31 Å². The van der Waals surface area contributed by atoms with E-state index in [-0.39, 0.29) is 6.04 Å². The van der Waals surface area contributed by atoms with E-state index in [2.05, 4.69) is 0 Å². The van der Waals surface area contributed by atoms with Crippen molar-refractivity contribution in [3.63, 3.8) is 0 Å². The maximum atomic E-state index is 11.4. The zero-order chi connectivity index (χ0) is 12.2. The first-order valence-corrected chi connectivity index (χ1v) is 7.27. The highest BCUT2D eigenvalue weighted by Gasteiger charge is 2.20. The van der Waals surface area contributed by atoms with Crippen LogP contribution in [-0.2, 0) is 16.4 Å². The molecule has 90 valence electrons. The monoisotopic (exact) mass is 241 g/mol. The van der Waals surface area contributed by atoms with Gasteiger partial charge in [-0.3, -0.25) is 0 Å². The highest BCUT2D eigenvalue weighted by Crippen LogP contribution is 2.13. The normalized spacial score (nSPS) is 14.0. The smallest absolute Gasteiger partial charge is 0.211 e. The molecule has 0 spiro atoms. The summed E-state index contributed by atoms with van der Waals surface area (Å²) in [5.74, 6) is 0. The largest absolute Gasteiger partial charge is 0.213 e. The second-order valence-electron chi connectivity index (χ2n) is 4.03. The number of sulfonamides is 1. The molecule has 1 rings (SSSR count). The number of rotatable bonds is 5. The molecule has 1 aromatic rings. The van der Waals surface area contributed by atoms with Gasteiger partial charge in [-0.05, 0) is 18.4 Å². The molecule has 0 aliphatic heterocycles. The molecule has 1 atom stereocenters. The molecule has 0 radical (unpaired) electrons. The fourth-order valence-corrected chi connectivity index (χ4v) is 2.45. The summed E-state index contributed by atoms with van der Waals surface area (Å²) in [6.07, 6.45) is 2.83. The first-order valence-electron chi connectivity index (χ1n) is 5.42. The van der Waals surface area contributed by atoms with Gasteiger partial charge in [0.25, 0.3) is 0 Å². The molecule has 0 amide bonds. The number of benzene rings is 1. The summed E-state index contributed by atoms with van der Waals surface area (Å²) in [4.78, 5) is 0.